The zero-order valence-corrected chi connectivity index (χ0v) is 15.9. The van der Waals surface area contributed by atoms with Crippen molar-refractivity contribution in [3.05, 3.63) is 60.2 Å². The van der Waals surface area contributed by atoms with Gasteiger partial charge in [0.05, 0.1) is 10.9 Å². The number of hydrogen-bond donors (Lipinski definition) is 1. The van der Waals surface area contributed by atoms with Crippen LogP contribution in [0.25, 0.3) is 0 Å². The average Bonchev–Trinajstić information content (AvgIpc) is 3.02. The van der Waals surface area contributed by atoms with Crippen LogP contribution in [0, 0.1) is 0 Å². The van der Waals surface area contributed by atoms with Gasteiger partial charge < -0.3 is 10.2 Å². The number of sulfonamides is 1. The Hall–Kier alpha value is -2.71. The van der Waals surface area contributed by atoms with Crippen LogP contribution in [0.15, 0.2) is 59.5 Å². The van der Waals surface area contributed by atoms with E-state index in [1.54, 1.807) is 4.90 Å². The van der Waals surface area contributed by atoms with Crippen LogP contribution in [-0.4, -0.2) is 51.2 Å². The standard InChI is InChI=1S/C19H21N3O4S/c1-21(2)27(25,26)17-10-8-14(9-11-17)19(24)20-15-12-18(23)22(13-15)16-6-4-3-5-7-16/h3-11,15H,12-13H2,1-2H3,(H,20,24)/t15-/m0/s1. The first-order chi connectivity index (χ1) is 12.8. The first-order valence-electron chi connectivity index (χ1n) is 8.48. The molecule has 1 heterocycles. The van der Waals surface area contributed by atoms with Crippen molar-refractivity contribution < 1.29 is 18.0 Å². The Balaban J connectivity index is 1.67. The topological polar surface area (TPSA) is 86.8 Å². The van der Waals surface area contributed by atoms with Crippen molar-refractivity contribution in [1.82, 2.24) is 9.62 Å². The number of amides is 2. The predicted octanol–water partition coefficient (Wildman–Crippen LogP) is 1.47. The number of nitrogens with zero attached hydrogens (tertiary/aromatic N) is 2. The predicted molar refractivity (Wildman–Crippen MR) is 102 cm³/mol. The Morgan fingerprint density at radius 1 is 1.07 bits per heavy atom. The Labute approximate surface area is 158 Å². The lowest BCUT2D eigenvalue weighted by molar-refractivity contribution is -0.117. The van der Waals surface area contributed by atoms with E-state index in [1.165, 1.54) is 38.4 Å². The van der Waals surface area contributed by atoms with Gasteiger partial charge in [-0.25, -0.2) is 12.7 Å². The van der Waals surface area contributed by atoms with Crippen molar-refractivity contribution >= 4 is 27.5 Å². The number of nitrogens with one attached hydrogen (secondary N) is 1. The summed E-state index contributed by atoms with van der Waals surface area (Å²) in [5.41, 5.74) is 1.15. The van der Waals surface area contributed by atoms with Gasteiger partial charge in [0, 0.05) is 38.3 Å². The minimum absolute atomic E-state index is 0.0427. The molecule has 1 atom stereocenters. The number of benzene rings is 2. The van der Waals surface area contributed by atoms with E-state index in [1.807, 2.05) is 30.3 Å². The number of hydrogen-bond acceptors (Lipinski definition) is 4. The van der Waals surface area contributed by atoms with E-state index >= 15 is 0 Å². The summed E-state index contributed by atoms with van der Waals surface area (Å²) in [5.74, 6) is -0.379. The summed E-state index contributed by atoms with van der Waals surface area (Å²) in [7, 11) is -0.637. The highest BCUT2D eigenvalue weighted by Gasteiger charge is 2.31. The van der Waals surface area contributed by atoms with Gasteiger partial charge in [-0.2, -0.15) is 0 Å². The Kier molecular flexibility index (Phi) is 5.29. The summed E-state index contributed by atoms with van der Waals surface area (Å²) in [6.07, 6.45) is 0.230. The molecule has 27 heavy (non-hydrogen) atoms. The van der Waals surface area contributed by atoms with Gasteiger partial charge in [0.2, 0.25) is 15.9 Å². The molecule has 2 amide bonds. The van der Waals surface area contributed by atoms with E-state index in [-0.39, 0.29) is 29.2 Å². The molecule has 3 rings (SSSR count). The van der Waals surface area contributed by atoms with E-state index in [2.05, 4.69) is 5.32 Å². The number of carbonyl (C=O) groups excluding carboxylic acids is 2. The lowest BCUT2D eigenvalue weighted by Gasteiger charge is -2.17. The molecule has 0 unspecified atom stereocenters. The molecule has 142 valence electrons. The van der Waals surface area contributed by atoms with Crippen molar-refractivity contribution in [1.29, 1.82) is 0 Å². The van der Waals surface area contributed by atoms with E-state index in [4.69, 9.17) is 0 Å². The zero-order chi connectivity index (χ0) is 19.6. The van der Waals surface area contributed by atoms with E-state index in [0.29, 0.717) is 12.1 Å². The van der Waals surface area contributed by atoms with Crippen molar-refractivity contribution in [3.63, 3.8) is 0 Å². The Morgan fingerprint density at radius 2 is 1.70 bits per heavy atom. The van der Waals surface area contributed by atoms with Crippen molar-refractivity contribution in [3.8, 4) is 0 Å². The van der Waals surface area contributed by atoms with E-state index in [0.717, 1.165) is 9.99 Å². The van der Waals surface area contributed by atoms with Crippen LogP contribution in [0.3, 0.4) is 0 Å². The van der Waals surface area contributed by atoms with Gasteiger partial charge >= 0.3 is 0 Å². The van der Waals surface area contributed by atoms with E-state index in [9.17, 15) is 18.0 Å². The fraction of sp³-hybridized carbons (Fsp3) is 0.263. The lowest BCUT2D eigenvalue weighted by atomic mass is 10.2. The van der Waals surface area contributed by atoms with Gasteiger partial charge in [-0.05, 0) is 36.4 Å². The number of anilines is 1. The van der Waals surface area contributed by atoms with Gasteiger partial charge in [-0.15, -0.1) is 0 Å². The molecule has 0 spiro atoms. The molecule has 1 N–H and O–H groups in total. The highest BCUT2D eigenvalue weighted by Crippen LogP contribution is 2.21. The van der Waals surface area contributed by atoms with Gasteiger partial charge in [-0.3, -0.25) is 9.59 Å². The molecule has 0 saturated carbocycles. The second-order valence-electron chi connectivity index (χ2n) is 6.53. The minimum atomic E-state index is -3.54. The molecule has 1 aliphatic heterocycles. The van der Waals surface area contributed by atoms with E-state index < -0.39 is 10.0 Å². The van der Waals surface area contributed by atoms with Crippen LogP contribution >= 0.6 is 0 Å². The molecule has 2 aromatic rings. The molecule has 7 nitrogen and oxygen atoms in total. The third kappa shape index (κ3) is 4.01. The highest BCUT2D eigenvalue weighted by atomic mass is 32.2. The highest BCUT2D eigenvalue weighted by molar-refractivity contribution is 7.89. The summed E-state index contributed by atoms with van der Waals surface area (Å²) in [6.45, 7) is 0.404. The maximum atomic E-state index is 12.4. The van der Waals surface area contributed by atoms with Crippen LogP contribution in [0.5, 0.6) is 0 Å². The summed E-state index contributed by atoms with van der Waals surface area (Å²) in [5, 5.41) is 2.84. The summed E-state index contributed by atoms with van der Waals surface area (Å²) in [4.78, 5) is 26.4. The third-order valence-corrected chi connectivity index (χ3v) is 6.25. The molecule has 0 bridgehead atoms. The summed E-state index contributed by atoms with van der Waals surface area (Å²) in [6, 6.07) is 14.8. The zero-order valence-electron chi connectivity index (χ0n) is 15.1. The second-order valence-corrected chi connectivity index (χ2v) is 8.68. The molecule has 8 heteroatoms. The van der Waals surface area contributed by atoms with Crippen LogP contribution in [0.1, 0.15) is 16.8 Å². The number of carbonyl (C=O) groups is 2. The van der Waals surface area contributed by atoms with Crippen LogP contribution in [-0.2, 0) is 14.8 Å². The molecule has 2 aromatic carbocycles. The van der Waals surface area contributed by atoms with Gasteiger partial charge in [-0.1, -0.05) is 18.2 Å². The fourth-order valence-corrected chi connectivity index (χ4v) is 3.82. The molecule has 0 aromatic heterocycles. The fourth-order valence-electron chi connectivity index (χ4n) is 2.92. The largest absolute Gasteiger partial charge is 0.347 e. The monoisotopic (exact) mass is 387 g/mol. The van der Waals surface area contributed by atoms with Crippen molar-refractivity contribution in [2.24, 2.45) is 0 Å². The quantitative estimate of drug-likeness (QED) is 0.842. The summed E-state index contributed by atoms with van der Waals surface area (Å²) < 4.78 is 25.3. The maximum absolute atomic E-state index is 12.4. The SMILES string of the molecule is CN(C)S(=O)(=O)c1ccc(C(=O)N[C@H]2CC(=O)N(c3ccccc3)C2)cc1. The maximum Gasteiger partial charge on any atom is 0.251 e. The smallest absolute Gasteiger partial charge is 0.251 e. The molecule has 1 aliphatic rings. The first-order valence-corrected chi connectivity index (χ1v) is 9.92. The lowest BCUT2D eigenvalue weighted by Crippen LogP contribution is -2.37. The van der Waals surface area contributed by atoms with Crippen LogP contribution < -0.4 is 10.2 Å². The average molecular weight is 387 g/mol. The number of rotatable bonds is 5. The molecule has 1 fully saturated rings. The van der Waals surface area contributed by atoms with Crippen LogP contribution in [0.2, 0.25) is 0 Å². The third-order valence-electron chi connectivity index (χ3n) is 4.42. The van der Waals surface area contributed by atoms with Gasteiger partial charge in [0.15, 0.2) is 0 Å². The van der Waals surface area contributed by atoms with Gasteiger partial charge in [0.1, 0.15) is 0 Å². The van der Waals surface area contributed by atoms with Crippen LogP contribution in [0.4, 0.5) is 5.69 Å². The van der Waals surface area contributed by atoms with Crippen molar-refractivity contribution in [2.45, 2.75) is 17.4 Å². The Bertz CT molecular complexity index is 941. The second kappa shape index (κ2) is 7.50. The Morgan fingerprint density at radius 3 is 2.30 bits per heavy atom. The van der Waals surface area contributed by atoms with Crippen molar-refractivity contribution in [2.75, 3.05) is 25.5 Å². The summed E-state index contributed by atoms with van der Waals surface area (Å²) >= 11 is 0. The first kappa shape index (κ1) is 19.1. The molecule has 0 aliphatic carbocycles. The molecular formula is C19H21N3O4S. The van der Waals surface area contributed by atoms with Gasteiger partial charge in [0.25, 0.3) is 5.91 Å². The minimum Gasteiger partial charge on any atom is -0.347 e. The normalized spacial score (nSPS) is 17.4. The number of para-hydroxylation sites is 1. The molecular weight excluding hydrogens is 366 g/mol. The molecule has 1 saturated heterocycles. The molecule has 0 radical (unpaired) electrons.